The molecule has 4 N–H and O–H groups in total. The summed E-state index contributed by atoms with van der Waals surface area (Å²) < 4.78 is 39.3. The van der Waals surface area contributed by atoms with Crippen LogP contribution < -0.4 is 15.8 Å². The van der Waals surface area contributed by atoms with Crippen molar-refractivity contribution in [3.8, 4) is 5.75 Å². The number of carboxylic acid groups (broad SMARTS) is 1. The van der Waals surface area contributed by atoms with E-state index in [4.69, 9.17) is 10.8 Å². The average Bonchev–Trinajstić information content (AvgIpc) is 2.25. The molecule has 18 heavy (non-hydrogen) atoms. The fraction of sp³-hybridized carbons (Fsp3) is 0.300. The summed E-state index contributed by atoms with van der Waals surface area (Å²) in [5.74, 6) is -1.52. The minimum atomic E-state index is -4.74. The van der Waals surface area contributed by atoms with Crippen LogP contribution >= 0.6 is 0 Å². The first-order chi connectivity index (χ1) is 8.28. The highest BCUT2D eigenvalue weighted by molar-refractivity contribution is 5.74. The molecule has 0 amide bonds. The third-order valence-corrected chi connectivity index (χ3v) is 1.93. The largest absolute Gasteiger partial charge is 0.573 e. The standard InChI is InChI=1S/C10H11F3N2O3/c11-10(12,13)18-7-3-1-6(2-4-7)15-5-8(14)9(16)17/h1-4,8,15H,5,14H2,(H,16,17). The molecule has 1 atom stereocenters. The number of alkyl halides is 3. The predicted molar refractivity (Wildman–Crippen MR) is 57.2 cm³/mol. The van der Waals surface area contributed by atoms with Crippen molar-refractivity contribution < 1.29 is 27.8 Å². The van der Waals surface area contributed by atoms with Crippen LogP contribution in [0.4, 0.5) is 18.9 Å². The Morgan fingerprint density at radius 3 is 2.39 bits per heavy atom. The molecule has 0 aliphatic heterocycles. The van der Waals surface area contributed by atoms with Gasteiger partial charge in [-0.2, -0.15) is 0 Å². The molecule has 0 aliphatic carbocycles. The number of benzene rings is 1. The molecule has 0 radical (unpaired) electrons. The van der Waals surface area contributed by atoms with Gasteiger partial charge in [0.25, 0.3) is 0 Å². The van der Waals surface area contributed by atoms with Gasteiger partial charge in [-0.1, -0.05) is 0 Å². The van der Waals surface area contributed by atoms with Crippen LogP contribution in [0, 0.1) is 0 Å². The first-order valence-electron chi connectivity index (χ1n) is 4.86. The smallest absolute Gasteiger partial charge is 0.480 e. The maximum atomic E-state index is 11.9. The quantitative estimate of drug-likeness (QED) is 0.748. The molecular weight excluding hydrogens is 253 g/mol. The number of carbonyl (C=O) groups is 1. The van der Waals surface area contributed by atoms with Gasteiger partial charge < -0.3 is 20.9 Å². The van der Waals surface area contributed by atoms with E-state index in [9.17, 15) is 18.0 Å². The lowest BCUT2D eigenvalue weighted by Gasteiger charge is -2.11. The van der Waals surface area contributed by atoms with E-state index in [-0.39, 0.29) is 12.3 Å². The van der Waals surface area contributed by atoms with E-state index < -0.39 is 18.4 Å². The Bertz CT molecular complexity index is 406. The lowest BCUT2D eigenvalue weighted by Crippen LogP contribution is -2.36. The summed E-state index contributed by atoms with van der Waals surface area (Å²) >= 11 is 0. The van der Waals surface area contributed by atoms with Crippen molar-refractivity contribution in [1.29, 1.82) is 0 Å². The lowest BCUT2D eigenvalue weighted by molar-refractivity contribution is -0.274. The Morgan fingerprint density at radius 2 is 1.94 bits per heavy atom. The van der Waals surface area contributed by atoms with Crippen molar-refractivity contribution in [3.63, 3.8) is 0 Å². The van der Waals surface area contributed by atoms with Crippen LogP contribution in [0.25, 0.3) is 0 Å². The molecular formula is C10H11F3N2O3. The number of halogens is 3. The Morgan fingerprint density at radius 1 is 1.39 bits per heavy atom. The van der Waals surface area contributed by atoms with Crippen molar-refractivity contribution in [2.75, 3.05) is 11.9 Å². The Hall–Kier alpha value is -1.96. The normalized spacial score (nSPS) is 12.9. The summed E-state index contributed by atoms with van der Waals surface area (Å²) in [6.07, 6.45) is -4.74. The van der Waals surface area contributed by atoms with E-state index in [2.05, 4.69) is 10.1 Å². The van der Waals surface area contributed by atoms with Gasteiger partial charge in [-0.25, -0.2) is 0 Å². The third kappa shape index (κ3) is 4.91. The number of ether oxygens (including phenoxy) is 1. The van der Waals surface area contributed by atoms with E-state index in [1.807, 2.05) is 0 Å². The number of anilines is 1. The molecule has 8 heteroatoms. The molecule has 0 saturated heterocycles. The molecule has 0 fully saturated rings. The number of aliphatic carboxylic acids is 1. The molecule has 100 valence electrons. The van der Waals surface area contributed by atoms with Crippen molar-refractivity contribution >= 4 is 11.7 Å². The molecule has 0 saturated carbocycles. The average molecular weight is 264 g/mol. The lowest BCUT2D eigenvalue weighted by atomic mass is 10.2. The van der Waals surface area contributed by atoms with Crippen LogP contribution in [-0.2, 0) is 4.79 Å². The van der Waals surface area contributed by atoms with E-state index in [1.165, 1.54) is 12.1 Å². The molecule has 5 nitrogen and oxygen atoms in total. The fourth-order valence-corrected chi connectivity index (χ4v) is 1.09. The van der Waals surface area contributed by atoms with Gasteiger partial charge in [0.1, 0.15) is 11.8 Å². The van der Waals surface area contributed by atoms with Crippen molar-refractivity contribution in [2.24, 2.45) is 5.73 Å². The highest BCUT2D eigenvalue weighted by Crippen LogP contribution is 2.23. The van der Waals surface area contributed by atoms with Crippen LogP contribution in [0.1, 0.15) is 0 Å². The van der Waals surface area contributed by atoms with Crippen LogP contribution in [0.3, 0.4) is 0 Å². The molecule has 1 rings (SSSR count). The zero-order valence-corrected chi connectivity index (χ0v) is 9.07. The Balaban J connectivity index is 2.53. The van der Waals surface area contributed by atoms with Gasteiger partial charge in [0, 0.05) is 12.2 Å². The van der Waals surface area contributed by atoms with Gasteiger partial charge >= 0.3 is 12.3 Å². The van der Waals surface area contributed by atoms with E-state index in [1.54, 1.807) is 0 Å². The van der Waals surface area contributed by atoms with E-state index >= 15 is 0 Å². The van der Waals surface area contributed by atoms with Gasteiger partial charge in [0.15, 0.2) is 0 Å². The van der Waals surface area contributed by atoms with Gasteiger partial charge in [-0.3, -0.25) is 4.79 Å². The second kappa shape index (κ2) is 5.58. The number of nitrogens with one attached hydrogen (secondary N) is 1. The van der Waals surface area contributed by atoms with Gasteiger partial charge in [0.05, 0.1) is 0 Å². The summed E-state index contributed by atoms with van der Waals surface area (Å²) in [4.78, 5) is 10.4. The summed E-state index contributed by atoms with van der Waals surface area (Å²) in [6, 6.07) is 3.80. The Kier molecular flexibility index (Phi) is 4.38. The van der Waals surface area contributed by atoms with E-state index in [0.29, 0.717) is 5.69 Å². The SMILES string of the molecule is NC(CNc1ccc(OC(F)(F)F)cc1)C(=O)O. The summed E-state index contributed by atoms with van der Waals surface area (Å²) in [5.41, 5.74) is 5.69. The second-order valence-electron chi connectivity index (χ2n) is 3.40. The fourth-order valence-electron chi connectivity index (χ4n) is 1.09. The highest BCUT2D eigenvalue weighted by Gasteiger charge is 2.30. The van der Waals surface area contributed by atoms with Gasteiger partial charge in [-0.05, 0) is 24.3 Å². The first-order valence-corrected chi connectivity index (χ1v) is 4.86. The van der Waals surface area contributed by atoms with Crippen molar-refractivity contribution in [3.05, 3.63) is 24.3 Å². The maximum Gasteiger partial charge on any atom is 0.573 e. The predicted octanol–water partition coefficient (Wildman–Crippen LogP) is 1.41. The molecule has 0 aliphatic rings. The topological polar surface area (TPSA) is 84.6 Å². The van der Waals surface area contributed by atoms with Crippen molar-refractivity contribution in [1.82, 2.24) is 0 Å². The number of hydrogen-bond acceptors (Lipinski definition) is 4. The number of carboxylic acids is 1. The molecule has 0 bridgehead atoms. The third-order valence-electron chi connectivity index (χ3n) is 1.93. The molecule has 0 heterocycles. The van der Waals surface area contributed by atoms with Gasteiger partial charge in [0.2, 0.25) is 0 Å². The zero-order valence-electron chi connectivity index (χ0n) is 9.07. The first kappa shape index (κ1) is 14.1. The van der Waals surface area contributed by atoms with E-state index in [0.717, 1.165) is 12.1 Å². The maximum absolute atomic E-state index is 11.9. The van der Waals surface area contributed by atoms with Gasteiger partial charge in [-0.15, -0.1) is 13.2 Å². The second-order valence-corrected chi connectivity index (χ2v) is 3.40. The molecule has 0 aromatic heterocycles. The zero-order chi connectivity index (χ0) is 13.8. The number of nitrogens with two attached hydrogens (primary N) is 1. The summed E-state index contributed by atoms with van der Waals surface area (Å²) in [5, 5.41) is 11.2. The Labute approximate surface area is 100 Å². The van der Waals surface area contributed by atoms with Crippen LogP contribution in [0.5, 0.6) is 5.75 Å². The number of rotatable bonds is 5. The van der Waals surface area contributed by atoms with Crippen molar-refractivity contribution in [2.45, 2.75) is 12.4 Å². The minimum Gasteiger partial charge on any atom is -0.480 e. The highest BCUT2D eigenvalue weighted by atomic mass is 19.4. The monoisotopic (exact) mass is 264 g/mol. The van der Waals surface area contributed by atoms with Crippen LogP contribution in [0.15, 0.2) is 24.3 Å². The number of hydrogen-bond donors (Lipinski definition) is 3. The van der Waals surface area contributed by atoms with Crippen LogP contribution in [0.2, 0.25) is 0 Å². The molecule has 1 unspecified atom stereocenters. The summed E-state index contributed by atoms with van der Waals surface area (Å²) in [7, 11) is 0. The molecule has 1 aromatic rings. The minimum absolute atomic E-state index is 0.0329. The molecule has 0 spiro atoms. The van der Waals surface area contributed by atoms with Crippen LogP contribution in [-0.4, -0.2) is 30.0 Å². The molecule has 1 aromatic carbocycles. The summed E-state index contributed by atoms with van der Waals surface area (Å²) in [6.45, 7) is -0.0329.